The van der Waals surface area contributed by atoms with E-state index in [2.05, 4.69) is 36.8 Å². The summed E-state index contributed by atoms with van der Waals surface area (Å²) in [6.45, 7) is 2.15. The van der Waals surface area contributed by atoms with E-state index in [9.17, 15) is 4.79 Å². The van der Waals surface area contributed by atoms with Crippen molar-refractivity contribution in [2.75, 3.05) is 11.5 Å². The number of hydrogen-bond acceptors (Lipinski definition) is 4. The van der Waals surface area contributed by atoms with Crippen LogP contribution in [-0.4, -0.2) is 12.6 Å². The molecule has 0 amide bonds. The van der Waals surface area contributed by atoms with Crippen molar-refractivity contribution in [3.05, 3.63) is 75.2 Å². The first-order valence-electron chi connectivity index (χ1n) is 8.41. The van der Waals surface area contributed by atoms with Gasteiger partial charge in [-0.3, -0.25) is 0 Å². The van der Waals surface area contributed by atoms with Crippen molar-refractivity contribution in [2.24, 2.45) is 0 Å². The zero-order valence-electron chi connectivity index (χ0n) is 14.4. The van der Waals surface area contributed by atoms with E-state index in [0.29, 0.717) is 12.2 Å². The van der Waals surface area contributed by atoms with E-state index in [1.54, 1.807) is 19.1 Å². The van der Waals surface area contributed by atoms with Gasteiger partial charge < -0.3 is 14.4 Å². The number of anilines is 3. The van der Waals surface area contributed by atoms with Gasteiger partial charge in [-0.05, 0) is 67.6 Å². The molecule has 0 atom stereocenters. The fourth-order valence-electron chi connectivity index (χ4n) is 3.00. The van der Waals surface area contributed by atoms with E-state index in [1.807, 2.05) is 48.5 Å². The van der Waals surface area contributed by atoms with Gasteiger partial charge in [0, 0.05) is 14.6 Å². The van der Waals surface area contributed by atoms with Gasteiger partial charge in [0.05, 0.1) is 23.5 Å². The lowest BCUT2D eigenvalue weighted by Crippen LogP contribution is -2.16. The molecule has 3 aromatic rings. The number of nitrogens with zero attached hydrogens (tertiary/aromatic N) is 1. The minimum atomic E-state index is -0.320. The van der Waals surface area contributed by atoms with E-state index in [0.717, 1.165) is 37.5 Å². The molecule has 3 aromatic carbocycles. The summed E-state index contributed by atoms with van der Waals surface area (Å²) in [4.78, 5) is 14.1. The third-order valence-electron chi connectivity index (χ3n) is 4.18. The Balaban J connectivity index is 1.81. The van der Waals surface area contributed by atoms with Gasteiger partial charge in [-0.1, -0.05) is 31.9 Å². The molecule has 4 rings (SSSR count). The Hall–Kier alpha value is -2.31. The molecular weight excluding hydrogens is 474 g/mol. The van der Waals surface area contributed by atoms with Crippen molar-refractivity contribution in [2.45, 2.75) is 6.92 Å². The summed E-state index contributed by atoms with van der Waals surface area (Å²) in [5, 5.41) is 0. The molecule has 0 spiro atoms. The molecule has 4 nitrogen and oxygen atoms in total. The molecule has 1 aliphatic heterocycles. The van der Waals surface area contributed by atoms with E-state index in [-0.39, 0.29) is 5.97 Å². The fourth-order valence-corrected chi connectivity index (χ4v) is 3.68. The highest BCUT2D eigenvalue weighted by Crippen LogP contribution is 2.51. The average Bonchev–Trinajstić information content (AvgIpc) is 2.66. The molecule has 0 bridgehead atoms. The SMILES string of the molecule is CCOC(=O)c1ccc(N2c3ccc(Br)cc3Oc3cc(Br)ccc32)cc1. The topological polar surface area (TPSA) is 38.8 Å². The van der Waals surface area contributed by atoms with Crippen LogP contribution in [0.3, 0.4) is 0 Å². The van der Waals surface area contributed by atoms with Crippen molar-refractivity contribution >= 4 is 54.9 Å². The summed E-state index contributed by atoms with van der Waals surface area (Å²) >= 11 is 7.00. The van der Waals surface area contributed by atoms with E-state index < -0.39 is 0 Å². The molecule has 1 heterocycles. The van der Waals surface area contributed by atoms with Crippen LogP contribution in [0.4, 0.5) is 17.1 Å². The summed E-state index contributed by atoms with van der Waals surface area (Å²) in [6, 6.07) is 19.2. The molecule has 0 aliphatic carbocycles. The van der Waals surface area contributed by atoms with Gasteiger partial charge >= 0.3 is 5.97 Å². The Morgan fingerprint density at radius 1 is 0.926 bits per heavy atom. The lowest BCUT2D eigenvalue weighted by molar-refractivity contribution is 0.0526. The largest absolute Gasteiger partial charge is 0.462 e. The number of fused-ring (bicyclic) bond motifs is 2. The molecule has 6 heteroatoms. The smallest absolute Gasteiger partial charge is 0.338 e. The van der Waals surface area contributed by atoms with Gasteiger partial charge in [-0.2, -0.15) is 0 Å². The average molecular weight is 489 g/mol. The molecule has 0 radical (unpaired) electrons. The van der Waals surface area contributed by atoms with Crippen LogP contribution < -0.4 is 9.64 Å². The van der Waals surface area contributed by atoms with E-state index in [4.69, 9.17) is 9.47 Å². The molecule has 27 heavy (non-hydrogen) atoms. The highest BCUT2D eigenvalue weighted by atomic mass is 79.9. The first-order chi connectivity index (χ1) is 13.1. The first-order valence-corrected chi connectivity index (χ1v) is 9.99. The summed E-state index contributed by atoms with van der Waals surface area (Å²) in [7, 11) is 0. The van der Waals surface area contributed by atoms with Crippen molar-refractivity contribution in [3.63, 3.8) is 0 Å². The molecule has 1 aliphatic rings. The number of esters is 1. The molecule has 0 saturated heterocycles. The molecule has 0 unspecified atom stereocenters. The van der Waals surface area contributed by atoms with Crippen molar-refractivity contribution in [1.82, 2.24) is 0 Å². The second-order valence-electron chi connectivity index (χ2n) is 5.93. The molecule has 0 N–H and O–H groups in total. The van der Waals surface area contributed by atoms with Crippen molar-refractivity contribution in [1.29, 1.82) is 0 Å². The second-order valence-corrected chi connectivity index (χ2v) is 7.76. The Morgan fingerprint density at radius 3 is 2.00 bits per heavy atom. The fraction of sp³-hybridized carbons (Fsp3) is 0.0952. The summed E-state index contributed by atoms with van der Waals surface area (Å²) in [5.74, 6) is 1.19. The maximum atomic E-state index is 11.9. The molecule has 0 saturated carbocycles. The predicted octanol–water partition coefficient (Wildman–Crippen LogP) is 6.96. The molecular formula is C21H15Br2NO3. The van der Waals surface area contributed by atoms with Gasteiger partial charge in [-0.25, -0.2) is 4.79 Å². The lowest BCUT2D eigenvalue weighted by Gasteiger charge is -2.33. The Kier molecular flexibility index (Phi) is 4.93. The normalized spacial score (nSPS) is 12.0. The first kappa shape index (κ1) is 18.1. The van der Waals surface area contributed by atoms with Crippen molar-refractivity contribution < 1.29 is 14.3 Å². The van der Waals surface area contributed by atoms with Gasteiger partial charge in [0.2, 0.25) is 0 Å². The van der Waals surface area contributed by atoms with E-state index >= 15 is 0 Å². The highest BCUT2D eigenvalue weighted by Gasteiger charge is 2.26. The van der Waals surface area contributed by atoms with Gasteiger partial charge in [0.15, 0.2) is 11.5 Å². The number of carbonyl (C=O) groups excluding carboxylic acids is 1. The second kappa shape index (κ2) is 7.37. The van der Waals surface area contributed by atoms with Crippen LogP contribution in [0.5, 0.6) is 11.5 Å². The van der Waals surface area contributed by atoms with Crippen LogP contribution in [-0.2, 0) is 4.74 Å². The summed E-state index contributed by atoms with van der Waals surface area (Å²) < 4.78 is 13.1. The zero-order valence-corrected chi connectivity index (χ0v) is 17.6. The third kappa shape index (κ3) is 3.47. The van der Waals surface area contributed by atoms with Crippen LogP contribution in [0.2, 0.25) is 0 Å². The third-order valence-corrected chi connectivity index (χ3v) is 5.17. The number of benzene rings is 3. The van der Waals surface area contributed by atoms with E-state index in [1.165, 1.54) is 0 Å². The molecule has 136 valence electrons. The van der Waals surface area contributed by atoms with Crippen LogP contribution in [0.1, 0.15) is 17.3 Å². The van der Waals surface area contributed by atoms with Crippen LogP contribution in [0.25, 0.3) is 0 Å². The van der Waals surface area contributed by atoms with Crippen LogP contribution in [0, 0.1) is 0 Å². The number of rotatable bonds is 3. The lowest BCUT2D eigenvalue weighted by atomic mass is 10.1. The highest BCUT2D eigenvalue weighted by molar-refractivity contribution is 9.10. The Bertz CT molecular complexity index is 967. The Labute approximate surface area is 174 Å². The van der Waals surface area contributed by atoms with Gasteiger partial charge in [0.1, 0.15) is 0 Å². The number of hydrogen-bond donors (Lipinski definition) is 0. The van der Waals surface area contributed by atoms with Crippen molar-refractivity contribution in [3.8, 4) is 11.5 Å². The number of carbonyl (C=O) groups is 1. The molecule has 0 aromatic heterocycles. The summed E-state index contributed by atoms with van der Waals surface area (Å²) in [5.41, 5.74) is 3.31. The molecule has 0 fully saturated rings. The Morgan fingerprint density at radius 2 is 1.48 bits per heavy atom. The number of halogens is 2. The summed E-state index contributed by atoms with van der Waals surface area (Å²) in [6.07, 6.45) is 0. The van der Waals surface area contributed by atoms with Gasteiger partial charge in [-0.15, -0.1) is 0 Å². The maximum absolute atomic E-state index is 11.9. The maximum Gasteiger partial charge on any atom is 0.338 e. The van der Waals surface area contributed by atoms with Crippen LogP contribution in [0.15, 0.2) is 69.6 Å². The quantitative estimate of drug-likeness (QED) is 0.292. The minimum Gasteiger partial charge on any atom is -0.462 e. The van der Waals surface area contributed by atoms with Gasteiger partial charge in [0.25, 0.3) is 0 Å². The monoisotopic (exact) mass is 487 g/mol. The van der Waals surface area contributed by atoms with Crippen LogP contribution >= 0.6 is 31.9 Å². The standard InChI is InChI=1S/C21H15Br2NO3/c1-2-26-21(25)13-3-7-16(8-4-13)24-17-9-5-14(22)11-19(17)27-20-12-15(23)6-10-18(20)24/h3-12H,2H2,1H3. The number of ether oxygens (including phenoxy) is 2. The predicted molar refractivity (Wildman–Crippen MR) is 113 cm³/mol. The minimum absolute atomic E-state index is 0.320. The zero-order chi connectivity index (χ0) is 19.0.